The first-order valence-corrected chi connectivity index (χ1v) is 6.93. The smallest absolute Gasteiger partial charge is 0.419 e. The van der Waals surface area contributed by atoms with Crippen LogP contribution in [0.5, 0.6) is 5.75 Å². The molecule has 0 saturated heterocycles. The predicted octanol–water partition coefficient (Wildman–Crippen LogP) is 2.31. The summed E-state index contributed by atoms with van der Waals surface area (Å²) in [5.74, 6) is -0.258. The monoisotopic (exact) mass is 340 g/mol. The van der Waals surface area contributed by atoms with Gasteiger partial charge in [0.05, 0.1) is 12.2 Å². The minimum absolute atomic E-state index is 0.00971. The number of hydrogen-bond acceptors (Lipinski definition) is 6. The second-order valence-electron chi connectivity index (χ2n) is 4.89. The van der Waals surface area contributed by atoms with Crippen molar-refractivity contribution in [1.29, 1.82) is 0 Å². The van der Waals surface area contributed by atoms with Gasteiger partial charge in [-0.3, -0.25) is 9.78 Å². The summed E-state index contributed by atoms with van der Waals surface area (Å²) >= 11 is 0. The van der Waals surface area contributed by atoms with E-state index in [2.05, 4.69) is 24.9 Å². The first-order valence-electron chi connectivity index (χ1n) is 6.93. The molecule has 1 aromatic carbocycles. The summed E-state index contributed by atoms with van der Waals surface area (Å²) in [4.78, 5) is 18.3. The Morgan fingerprint density at radius 1 is 1.29 bits per heavy atom. The second-order valence-corrected chi connectivity index (χ2v) is 4.89. The minimum atomic E-state index is -4.57. The highest BCUT2D eigenvalue weighted by atomic mass is 19.4. The zero-order valence-corrected chi connectivity index (χ0v) is 12.3. The van der Waals surface area contributed by atoms with Crippen LogP contribution in [0.2, 0.25) is 0 Å². The van der Waals surface area contributed by atoms with Gasteiger partial charge in [0.15, 0.2) is 0 Å². The van der Waals surface area contributed by atoms with Gasteiger partial charge in [-0.2, -0.15) is 13.2 Å². The Kier molecular flexibility index (Phi) is 3.96. The van der Waals surface area contributed by atoms with Crippen LogP contribution in [0.3, 0.4) is 0 Å². The van der Waals surface area contributed by atoms with Gasteiger partial charge in [0, 0.05) is 6.42 Å². The van der Waals surface area contributed by atoms with Crippen LogP contribution in [0.4, 0.5) is 13.2 Å². The van der Waals surface area contributed by atoms with E-state index in [0.717, 1.165) is 6.07 Å². The summed E-state index contributed by atoms with van der Waals surface area (Å²) in [5.41, 5.74) is -1.05. The molecule has 3 rings (SSSR count). The van der Waals surface area contributed by atoms with Crippen LogP contribution in [-0.4, -0.2) is 26.9 Å². The molecule has 0 aliphatic carbocycles. The quantitative estimate of drug-likeness (QED) is 0.783. The molecule has 2 heterocycles. The third-order valence-electron chi connectivity index (χ3n) is 3.23. The predicted molar refractivity (Wildman–Crippen MR) is 75.6 cm³/mol. The molecule has 2 aromatic heterocycles. The number of hydrogen-bond donors (Lipinski definition) is 1. The van der Waals surface area contributed by atoms with Gasteiger partial charge in [0.2, 0.25) is 11.3 Å². The van der Waals surface area contributed by atoms with E-state index in [1.54, 1.807) is 6.92 Å². The van der Waals surface area contributed by atoms with Crippen LogP contribution < -0.4 is 10.3 Å². The van der Waals surface area contributed by atoms with E-state index in [9.17, 15) is 18.0 Å². The molecule has 24 heavy (non-hydrogen) atoms. The van der Waals surface area contributed by atoms with Crippen LogP contribution >= 0.6 is 0 Å². The van der Waals surface area contributed by atoms with Crippen LogP contribution in [0, 0.1) is 0 Å². The molecule has 0 saturated carbocycles. The summed E-state index contributed by atoms with van der Waals surface area (Å²) in [6.07, 6.45) is -4.67. The van der Waals surface area contributed by atoms with Gasteiger partial charge in [0.1, 0.15) is 11.4 Å². The zero-order valence-electron chi connectivity index (χ0n) is 12.3. The van der Waals surface area contributed by atoms with Gasteiger partial charge in [-0.25, -0.2) is 9.61 Å². The van der Waals surface area contributed by atoms with Crippen molar-refractivity contribution >= 4 is 11.3 Å². The molecule has 0 fully saturated rings. The number of rotatable bonds is 4. The third-order valence-corrected chi connectivity index (χ3v) is 3.23. The zero-order chi connectivity index (χ0) is 17.3. The highest BCUT2D eigenvalue weighted by Gasteiger charge is 2.34. The van der Waals surface area contributed by atoms with Crippen molar-refractivity contribution in [3.63, 3.8) is 0 Å². The van der Waals surface area contributed by atoms with Crippen molar-refractivity contribution in [3.8, 4) is 5.75 Å². The summed E-state index contributed by atoms with van der Waals surface area (Å²) in [6.45, 7) is 1.71. The molecule has 3 aromatic rings. The van der Waals surface area contributed by atoms with E-state index in [4.69, 9.17) is 4.74 Å². The van der Waals surface area contributed by atoms with Gasteiger partial charge in [-0.15, -0.1) is 0 Å². The maximum atomic E-state index is 13.1. The normalized spacial score (nSPS) is 11.8. The Labute approximate surface area is 132 Å². The van der Waals surface area contributed by atoms with E-state index in [1.807, 2.05) is 0 Å². The lowest BCUT2D eigenvalue weighted by Crippen LogP contribution is -2.16. The number of benzene rings is 1. The highest BCUT2D eigenvalue weighted by molar-refractivity contribution is 5.62. The molecule has 0 spiro atoms. The topological polar surface area (TPSA) is 93.9 Å². The van der Waals surface area contributed by atoms with E-state index in [0.29, 0.717) is 0 Å². The van der Waals surface area contributed by atoms with Crippen molar-refractivity contribution in [2.45, 2.75) is 19.5 Å². The molecule has 1 N–H and O–H groups in total. The number of alkyl halides is 3. The summed E-state index contributed by atoms with van der Waals surface area (Å²) < 4.78 is 48.9. The Hall–Kier alpha value is -2.91. The van der Waals surface area contributed by atoms with Crippen molar-refractivity contribution < 1.29 is 22.5 Å². The van der Waals surface area contributed by atoms with Gasteiger partial charge < -0.3 is 4.74 Å². The molecular weight excluding hydrogens is 329 g/mol. The molecule has 7 nitrogen and oxygen atoms in total. The van der Waals surface area contributed by atoms with E-state index < -0.39 is 17.3 Å². The van der Waals surface area contributed by atoms with Crippen LogP contribution in [0.1, 0.15) is 23.7 Å². The summed E-state index contributed by atoms with van der Waals surface area (Å²) in [6, 6.07) is 3.62. The molecular formula is C14H11F3N4O3. The van der Waals surface area contributed by atoms with Gasteiger partial charge in [-0.1, -0.05) is 6.07 Å². The van der Waals surface area contributed by atoms with Gasteiger partial charge in [0.25, 0.3) is 5.56 Å². The number of ether oxygens (including phenoxy) is 1. The maximum Gasteiger partial charge on any atom is 0.419 e. The Balaban J connectivity index is 1.99. The van der Waals surface area contributed by atoms with Crippen molar-refractivity contribution in [3.05, 3.63) is 45.4 Å². The highest BCUT2D eigenvalue weighted by Crippen LogP contribution is 2.37. The molecule has 126 valence electrons. The largest absolute Gasteiger partial charge is 0.493 e. The lowest BCUT2D eigenvalue weighted by Gasteiger charge is -2.14. The molecule has 0 unspecified atom stereocenters. The number of aromatic amines is 1. The number of halogens is 3. The fraction of sp³-hybridized carbons (Fsp3) is 0.286. The molecule has 0 bridgehead atoms. The average Bonchev–Trinajstić information content (AvgIpc) is 2.95. The molecule has 10 heteroatoms. The minimum Gasteiger partial charge on any atom is -0.493 e. The standard InChI is InChI=1S/C14H11F3N4O3/c1-2-23-10-4-3-7(5-8(10)14(15,16)17)6-9-13(22)19-12-11(18-9)20-24-21-12/h3-5H,2,6H2,1H3,(H,19,21,22). The van der Waals surface area contributed by atoms with Crippen molar-refractivity contribution in [1.82, 2.24) is 20.3 Å². The first kappa shape index (κ1) is 16.0. The Bertz CT molecular complexity index is 933. The van der Waals surface area contributed by atoms with Gasteiger partial charge >= 0.3 is 6.18 Å². The summed E-state index contributed by atoms with van der Waals surface area (Å²) in [5, 5.41) is 6.93. The molecule has 0 amide bonds. The molecule has 0 aliphatic rings. The van der Waals surface area contributed by atoms with Crippen LogP contribution in [0.25, 0.3) is 11.3 Å². The number of nitrogens with one attached hydrogen (secondary N) is 1. The van der Waals surface area contributed by atoms with Crippen LogP contribution in [0.15, 0.2) is 27.6 Å². The lowest BCUT2D eigenvalue weighted by atomic mass is 10.0. The SMILES string of the molecule is CCOc1ccc(Cc2nc3nonc3[nH]c2=O)cc1C(F)(F)F. The van der Waals surface area contributed by atoms with E-state index >= 15 is 0 Å². The Morgan fingerprint density at radius 3 is 2.79 bits per heavy atom. The summed E-state index contributed by atoms with van der Waals surface area (Å²) in [7, 11) is 0. The van der Waals surface area contributed by atoms with Crippen molar-refractivity contribution in [2.24, 2.45) is 0 Å². The van der Waals surface area contributed by atoms with Crippen LogP contribution in [-0.2, 0) is 12.6 Å². The number of aromatic nitrogens is 4. The first-order chi connectivity index (χ1) is 11.4. The molecule has 0 radical (unpaired) electrons. The average molecular weight is 340 g/mol. The van der Waals surface area contributed by atoms with E-state index in [1.165, 1.54) is 12.1 Å². The fourth-order valence-corrected chi connectivity index (χ4v) is 2.20. The lowest BCUT2D eigenvalue weighted by molar-refractivity contribution is -0.138. The number of fused-ring (bicyclic) bond motifs is 1. The third kappa shape index (κ3) is 3.07. The van der Waals surface area contributed by atoms with Crippen molar-refractivity contribution in [2.75, 3.05) is 6.61 Å². The molecule has 0 aliphatic heterocycles. The molecule has 0 atom stereocenters. The van der Waals surface area contributed by atoms with Gasteiger partial charge in [-0.05, 0) is 34.9 Å². The van der Waals surface area contributed by atoms with E-state index in [-0.39, 0.29) is 41.3 Å². The second kappa shape index (κ2) is 5.95. The maximum absolute atomic E-state index is 13.1. The number of nitrogens with zero attached hydrogens (tertiary/aromatic N) is 3. The number of H-pyrrole nitrogens is 1. The Morgan fingerprint density at radius 2 is 2.08 bits per heavy atom. The fourth-order valence-electron chi connectivity index (χ4n) is 2.20.